The number of halogens is 2. The maximum absolute atomic E-state index is 12.3. The third-order valence-electron chi connectivity index (χ3n) is 2.77. The van der Waals surface area contributed by atoms with E-state index in [0.717, 1.165) is 5.69 Å². The van der Waals surface area contributed by atoms with Crippen LogP contribution in [0.2, 0.25) is 0 Å². The number of benzene rings is 1. The zero-order chi connectivity index (χ0) is 13.7. The first-order valence-electron chi connectivity index (χ1n) is 5.83. The molecule has 0 radical (unpaired) electrons. The molecule has 0 spiro atoms. The first-order chi connectivity index (χ1) is 8.43. The molecule has 5 heteroatoms. The van der Waals surface area contributed by atoms with Crippen molar-refractivity contribution in [3.8, 4) is 11.5 Å². The number of hydrogen-bond donors (Lipinski definition) is 1. The van der Waals surface area contributed by atoms with E-state index in [4.69, 9.17) is 4.74 Å². The van der Waals surface area contributed by atoms with Gasteiger partial charge in [-0.1, -0.05) is 13.8 Å². The molecule has 18 heavy (non-hydrogen) atoms. The van der Waals surface area contributed by atoms with E-state index in [0.29, 0.717) is 5.92 Å². The van der Waals surface area contributed by atoms with Crippen LogP contribution in [0.3, 0.4) is 0 Å². The minimum absolute atomic E-state index is 0.0356. The van der Waals surface area contributed by atoms with Gasteiger partial charge in [-0.15, -0.1) is 0 Å². The second kappa shape index (κ2) is 6.42. The Morgan fingerprint density at radius 3 is 2.28 bits per heavy atom. The quantitative estimate of drug-likeness (QED) is 0.844. The molecule has 3 nitrogen and oxygen atoms in total. The fraction of sp³-hybridized carbons (Fsp3) is 0.538. The minimum Gasteiger partial charge on any atom is -0.493 e. The van der Waals surface area contributed by atoms with Crippen LogP contribution < -0.4 is 14.8 Å². The lowest BCUT2D eigenvalue weighted by Crippen LogP contribution is -2.21. The summed E-state index contributed by atoms with van der Waals surface area (Å²) in [7, 11) is 1.41. The van der Waals surface area contributed by atoms with E-state index in [1.807, 2.05) is 6.92 Å². The van der Waals surface area contributed by atoms with Gasteiger partial charge in [-0.3, -0.25) is 0 Å². The van der Waals surface area contributed by atoms with Gasteiger partial charge in [0.1, 0.15) is 0 Å². The van der Waals surface area contributed by atoms with E-state index in [2.05, 4.69) is 23.9 Å². The molecule has 0 amide bonds. The van der Waals surface area contributed by atoms with Crippen molar-refractivity contribution in [2.24, 2.45) is 5.92 Å². The number of ether oxygens (including phenoxy) is 2. The summed E-state index contributed by atoms with van der Waals surface area (Å²) in [6, 6.07) is 5.13. The Morgan fingerprint density at radius 2 is 1.78 bits per heavy atom. The van der Waals surface area contributed by atoms with Crippen molar-refractivity contribution in [3.05, 3.63) is 18.2 Å². The lowest BCUT2D eigenvalue weighted by atomic mass is 10.1. The molecule has 0 saturated heterocycles. The van der Waals surface area contributed by atoms with Gasteiger partial charge in [-0.25, -0.2) is 0 Å². The lowest BCUT2D eigenvalue weighted by molar-refractivity contribution is -0.0511. The first-order valence-corrected chi connectivity index (χ1v) is 5.83. The highest BCUT2D eigenvalue weighted by Crippen LogP contribution is 2.31. The Morgan fingerprint density at radius 1 is 1.11 bits per heavy atom. The molecule has 0 aromatic heterocycles. The van der Waals surface area contributed by atoms with Crippen LogP contribution in [0.25, 0.3) is 0 Å². The van der Waals surface area contributed by atoms with Gasteiger partial charge in [-0.2, -0.15) is 8.78 Å². The van der Waals surface area contributed by atoms with Crippen LogP contribution in [0.1, 0.15) is 20.8 Å². The summed E-state index contributed by atoms with van der Waals surface area (Å²) in [5.41, 5.74) is 0.729. The highest BCUT2D eigenvalue weighted by molar-refractivity contribution is 5.55. The van der Waals surface area contributed by atoms with Crippen molar-refractivity contribution in [2.45, 2.75) is 33.4 Å². The molecule has 0 saturated carbocycles. The van der Waals surface area contributed by atoms with E-state index in [1.165, 1.54) is 13.2 Å². The van der Waals surface area contributed by atoms with E-state index >= 15 is 0 Å². The first kappa shape index (κ1) is 14.5. The van der Waals surface area contributed by atoms with Crippen molar-refractivity contribution in [2.75, 3.05) is 12.4 Å². The molecule has 0 bridgehead atoms. The predicted molar refractivity (Wildman–Crippen MR) is 67.5 cm³/mol. The van der Waals surface area contributed by atoms with Gasteiger partial charge >= 0.3 is 6.61 Å². The minimum atomic E-state index is -2.86. The van der Waals surface area contributed by atoms with Crippen LogP contribution in [-0.2, 0) is 0 Å². The Balaban J connectivity index is 2.88. The number of rotatable bonds is 6. The summed E-state index contributed by atoms with van der Waals surface area (Å²) < 4.78 is 33.9. The largest absolute Gasteiger partial charge is 0.493 e. The summed E-state index contributed by atoms with van der Waals surface area (Å²) in [6.07, 6.45) is 0. The van der Waals surface area contributed by atoms with Crippen molar-refractivity contribution >= 4 is 5.69 Å². The van der Waals surface area contributed by atoms with Gasteiger partial charge in [-0.05, 0) is 25.0 Å². The van der Waals surface area contributed by atoms with E-state index in [9.17, 15) is 8.78 Å². The summed E-state index contributed by atoms with van der Waals surface area (Å²) in [6.45, 7) is 3.33. The number of methoxy groups -OCH3 is 1. The predicted octanol–water partition coefficient (Wildman–Crippen LogP) is 3.75. The van der Waals surface area contributed by atoms with E-state index in [-0.39, 0.29) is 17.5 Å². The second-order valence-corrected chi connectivity index (χ2v) is 4.42. The van der Waals surface area contributed by atoms with Crippen molar-refractivity contribution in [1.29, 1.82) is 0 Å². The maximum Gasteiger partial charge on any atom is 0.387 e. The van der Waals surface area contributed by atoms with Gasteiger partial charge in [0.05, 0.1) is 7.11 Å². The molecule has 102 valence electrons. The molecule has 0 aliphatic heterocycles. The molecule has 0 fully saturated rings. The van der Waals surface area contributed by atoms with Gasteiger partial charge in [0.25, 0.3) is 0 Å². The van der Waals surface area contributed by atoms with Gasteiger partial charge in [0.15, 0.2) is 11.5 Å². The lowest BCUT2D eigenvalue weighted by Gasteiger charge is -2.20. The topological polar surface area (TPSA) is 30.5 Å². The maximum atomic E-state index is 12.3. The number of alkyl halides is 2. The number of hydrogen-bond acceptors (Lipinski definition) is 3. The Kier molecular flexibility index (Phi) is 5.19. The van der Waals surface area contributed by atoms with Crippen molar-refractivity contribution in [1.82, 2.24) is 0 Å². The molecular weight excluding hydrogens is 240 g/mol. The van der Waals surface area contributed by atoms with E-state index < -0.39 is 6.61 Å². The normalized spacial score (nSPS) is 12.7. The Hall–Kier alpha value is -1.52. The van der Waals surface area contributed by atoms with Crippen LogP contribution in [-0.4, -0.2) is 19.8 Å². The van der Waals surface area contributed by atoms with Gasteiger partial charge in [0.2, 0.25) is 0 Å². The third-order valence-corrected chi connectivity index (χ3v) is 2.77. The standard InChI is InChI=1S/C13H19F2NO2/c1-8(2)9(3)16-10-5-6-11(17-4)12(7-10)18-13(14)15/h5-9,13,16H,1-4H3. The fourth-order valence-corrected chi connectivity index (χ4v) is 1.38. The monoisotopic (exact) mass is 259 g/mol. The van der Waals surface area contributed by atoms with E-state index in [1.54, 1.807) is 12.1 Å². The third kappa shape index (κ3) is 4.05. The van der Waals surface area contributed by atoms with Crippen LogP contribution >= 0.6 is 0 Å². The highest BCUT2D eigenvalue weighted by atomic mass is 19.3. The number of nitrogens with one attached hydrogen (secondary N) is 1. The fourth-order valence-electron chi connectivity index (χ4n) is 1.38. The molecule has 0 heterocycles. The van der Waals surface area contributed by atoms with Gasteiger partial charge in [0, 0.05) is 17.8 Å². The molecule has 0 aliphatic rings. The summed E-state index contributed by atoms with van der Waals surface area (Å²) in [5.74, 6) is 0.762. The van der Waals surface area contributed by atoms with Crippen LogP contribution in [0.15, 0.2) is 18.2 Å². The highest BCUT2D eigenvalue weighted by Gasteiger charge is 2.13. The number of anilines is 1. The Labute approximate surface area is 106 Å². The molecule has 1 N–H and O–H groups in total. The molecular formula is C13H19F2NO2. The van der Waals surface area contributed by atoms with Crippen molar-refractivity contribution < 1.29 is 18.3 Å². The SMILES string of the molecule is COc1ccc(NC(C)C(C)C)cc1OC(F)F. The molecule has 0 aliphatic carbocycles. The Bertz CT molecular complexity index is 383. The molecule has 1 aromatic carbocycles. The average molecular weight is 259 g/mol. The molecule has 1 rings (SSSR count). The molecule has 1 aromatic rings. The molecule has 1 atom stereocenters. The van der Waals surface area contributed by atoms with Crippen LogP contribution in [0.5, 0.6) is 11.5 Å². The molecule has 1 unspecified atom stereocenters. The second-order valence-electron chi connectivity index (χ2n) is 4.42. The van der Waals surface area contributed by atoms with Gasteiger partial charge < -0.3 is 14.8 Å². The smallest absolute Gasteiger partial charge is 0.387 e. The van der Waals surface area contributed by atoms with Crippen molar-refractivity contribution in [3.63, 3.8) is 0 Å². The zero-order valence-electron chi connectivity index (χ0n) is 11.0. The summed E-state index contributed by atoms with van der Waals surface area (Å²) in [5, 5.41) is 3.23. The van der Waals surface area contributed by atoms with Crippen LogP contribution in [0, 0.1) is 5.92 Å². The average Bonchev–Trinajstić information content (AvgIpc) is 2.28. The summed E-state index contributed by atoms with van der Waals surface area (Å²) >= 11 is 0. The summed E-state index contributed by atoms with van der Waals surface area (Å²) in [4.78, 5) is 0. The van der Waals surface area contributed by atoms with Crippen LogP contribution in [0.4, 0.5) is 14.5 Å². The zero-order valence-corrected chi connectivity index (χ0v) is 11.0.